The average molecular weight is 325 g/mol. The monoisotopic (exact) mass is 325 g/mol. The first kappa shape index (κ1) is 16.8. The summed E-state index contributed by atoms with van der Waals surface area (Å²) in [7, 11) is 1.73. The molecule has 0 N–H and O–H groups in total. The van der Waals surface area contributed by atoms with Crippen LogP contribution in [0.2, 0.25) is 0 Å². The molecule has 1 fully saturated rings. The first-order valence-corrected chi connectivity index (χ1v) is 8.73. The molecule has 24 heavy (non-hydrogen) atoms. The lowest BCUT2D eigenvalue weighted by atomic mass is 9.99. The largest absolute Gasteiger partial charge is 0.496 e. The maximum absolute atomic E-state index is 5.50. The number of rotatable bonds is 5. The summed E-state index contributed by atoms with van der Waals surface area (Å²) in [5.41, 5.74) is 6.70. The Balaban J connectivity index is 1.76. The summed E-state index contributed by atoms with van der Waals surface area (Å²) in [6.45, 7) is 7.89. The molecule has 0 unspecified atom stereocenters. The molecule has 0 radical (unpaired) electrons. The highest BCUT2D eigenvalue weighted by Crippen LogP contribution is 2.25. The van der Waals surface area contributed by atoms with Crippen LogP contribution in [-0.2, 0) is 17.6 Å². The van der Waals surface area contributed by atoms with Crippen LogP contribution < -0.4 is 9.64 Å². The number of anilines is 1. The minimum absolute atomic E-state index is 0.824. The van der Waals surface area contributed by atoms with Gasteiger partial charge in [0, 0.05) is 18.8 Å². The molecular formula is C21H27NO2. The zero-order valence-corrected chi connectivity index (χ0v) is 15.0. The van der Waals surface area contributed by atoms with Crippen molar-refractivity contribution in [2.45, 2.75) is 26.7 Å². The van der Waals surface area contributed by atoms with Crippen LogP contribution in [0.15, 0.2) is 36.4 Å². The van der Waals surface area contributed by atoms with Crippen LogP contribution in [0.25, 0.3) is 0 Å². The molecule has 0 aromatic heterocycles. The number of hydrogen-bond acceptors (Lipinski definition) is 3. The van der Waals surface area contributed by atoms with Crippen LogP contribution in [0.3, 0.4) is 0 Å². The Labute approximate surface area is 145 Å². The molecule has 1 aliphatic rings. The molecular weight excluding hydrogens is 298 g/mol. The molecule has 128 valence electrons. The number of benzene rings is 2. The van der Waals surface area contributed by atoms with Crippen molar-refractivity contribution in [1.29, 1.82) is 0 Å². The number of hydrogen-bond donors (Lipinski definition) is 0. The van der Waals surface area contributed by atoms with E-state index >= 15 is 0 Å². The molecule has 1 saturated heterocycles. The molecule has 3 heteroatoms. The van der Waals surface area contributed by atoms with E-state index in [9.17, 15) is 0 Å². The number of nitrogens with zero attached hydrogens (tertiary/aromatic N) is 1. The van der Waals surface area contributed by atoms with E-state index < -0.39 is 0 Å². The summed E-state index contributed by atoms with van der Waals surface area (Å²) in [6.07, 6.45) is 2.10. The maximum atomic E-state index is 5.50. The van der Waals surface area contributed by atoms with Crippen molar-refractivity contribution >= 4 is 5.69 Å². The van der Waals surface area contributed by atoms with Gasteiger partial charge in [-0.2, -0.15) is 0 Å². The van der Waals surface area contributed by atoms with Crippen molar-refractivity contribution < 1.29 is 9.47 Å². The SMILES string of the molecule is COc1ccc(CCc2cc(C)ccc2N2CCOCC2)cc1C. The van der Waals surface area contributed by atoms with Gasteiger partial charge >= 0.3 is 0 Å². The van der Waals surface area contributed by atoms with Gasteiger partial charge in [-0.25, -0.2) is 0 Å². The van der Waals surface area contributed by atoms with Gasteiger partial charge in [-0.15, -0.1) is 0 Å². The van der Waals surface area contributed by atoms with Gasteiger partial charge < -0.3 is 14.4 Å². The van der Waals surface area contributed by atoms with Gasteiger partial charge in [0.25, 0.3) is 0 Å². The van der Waals surface area contributed by atoms with Crippen LogP contribution in [0.5, 0.6) is 5.75 Å². The normalized spacial score (nSPS) is 14.7. The Hall–Kier alpha value is -2.00. The van der Waals surface area contributed by atoms with E-state index in [0.29, 0.717) is 0 Å². The van der Waals surface area contributed by atoms with Crippen LogP contribution in [0.4, 0.5) is 5.69 Å². The zero-order chi connectivity index (χ0) is 16.9. The van der Waals surface area contributed by atoms with Gasteiger partial charge in [0.1, 0.15) is 5.75 Å². The Morgan fingerprint density at radius 1 is 1.00 bits per heavy atom. The van der Waals surface area contributed by atoms with Gasteiger partial charge in [0.2, 0.25) is 0 Å². The van der Waals surface area contributed by atoms with Crippen LogP contribution >= 0.6 is 0 Å². The van der Waals surface area contributed by atoms with E-state index in [2.05, 4.69) is 55.1 Å². The van der Waals surface area contributed by atoms with Crippen molar-refractivity contribution in [3.05, 3.63) is 58.7 Å². The Morgan fingerprint density at radius 2 is 1.79 bits per heavy atom. The topological polar surface area (TPSA) is 21.7 Å². The highest BCUT2D eigenvalue weighted by molar-refractivity contribution is 5.55. The molecule has 0 atom stereocenters. The van der Waals surface area contributed by atoms with Gasteiger partial charge in [0.15, 0.2) is 0 Å². The van der Waals surface area contributed by atoms with Gasteiger partial charge in [-0.1, -0.05) is 29.8 Å². The fourth-order valence-corrected chi connectivity index (χ4v) is 3.40. The molecule has 0 spiro atoms. The fourth-order valence-electron chi connectivity index (χ4n) is 3.40. The molecule has 2 aromatic rings. The first-order valence-electron chi connectivity index (χ1n) is 8.73. The van der Waals surface area contributed by atoms with Crippen LogP contribution in [-0.4, -0.2) is 33.4 Å². The predicted octanol–water partition coefficient (Wildman–Crippen LogP) is 3.93. The highest BCUT2D eigenvalue weighted by Gasteiger charge is 2.15. The standard InChI is InChI=1S/C21H27NO2/c1-16-4-8-20(22-10-12-24-13-11-22)19(14-16)7-5-18-6-9-21(23-3)17(2)15-18/h4,6,8-9,14-15H,5,7,10-13H2,1-3H3. The van der Waals surface area contributed by atoms with Gasteiger partial charge in [0.05, 0.1) is 20.3 Å². The zero-order valence-electron chi connectivity index (χ0n) is 15.0. The summed E-state index contributed by atoms with van der Waals surface area (Å²) < 4.78 is 10.9. The van der Waals surface area contributed by atoms with E-state index in [4.69, 9.17) is 9.47 Å². The molecule has 1 heterocycles. The second kappa shape index (κ2) is 7.71. The van der Waals surface area contributed by atoms with E-state index in [1.165, 1.54) is 27.9 Å². The van der Waals surface area contributed by atoms with E-state index in [0.717, 1.165) is 44.9 Å². The summed E-state index contributed by atoms with van der Waals surface area (Å²) in [4.78, 5) is 2.46. The molecule has 0 amide bonds. The second-order valence-electron chi connectivity index (χ2n) is 6.54. The molecule has 0 aliphatic carbocycles. The quantitative estimate of drug-likeness (QED) is 0.831. The Kier molecular flexibility index (Phi) is 5.41. The molecule has 3 nitrogen and oxygen atoms in total. The van der Waals surface area contributed by atoms with Crippen molar-refractivity contribution in [2.75, 3.05) is 38.3 Å². The molecule has 3 rings (SSSR count). The Morgan fingerprint density at radius 3 is 2.50 bits per heavy atom. The van der Waals surface area contributed by atoms with E-state index in [1.54, 1.807) is 7.11 Å². The molecule has 2 aromatic carbocycles. The number of methoxy groups -OCH3 is 1. The summed E-state index contributed by atoms with van der Waals surface area (Å²) in [6, 6.07) is 13.3. The lowest BCUT2D eigenvalue weighted by Crippen LogP contribution is -2.36. The highest BCUT2D eigenvalue weighted by atomic mass is 16.5. The minimum atomic E-state index is 0.824. The van der Waals surface area contributed by atoms with Crippen molar-refractivity contribution in [1.82, 2.24) is 0 Å². The Bertz CT molecular complexity index is 690. The molecule has 1 aliphatic heterocycles. The van der Waals surface area contributed by atoms with Crippen molar-refractivity contribution in [3.8, 4) is 5.75 Å². The van der Waals surface area contributed by atoms with Gasteiger partial charge in [-0.3, -0.25) is 0 Å². The third-order valence-electron chi connectivity index (χ3n) is 4.73. The third kappa shape index (κ3) is 3.90. The number of aryl methyl sites for hydroxylation is 4. The second-order valence-corrected chi connectivity index (χ2v) is 6.54. The van der Waals surface area contributed by atoms with E-state index in [-0.39, 0.29) is 0 Å². The lowest BCUT2D eigenvalue weighted by Gasteiger charge is -2.31. The smallest absolute Gasteiger partial charge is 0.121 e. The van der Waals surface area contributed by atoms with E-state index in [1.807, 2.05) is 0 Å². The summed E-state index contributed by atoms with van der Waals surface area (Å²) >= 11 is 0. The first-order chi connectivity index (χ1) is 11.7. The maximum Gasteiger partial charge on any atom is 0.121 e. The third-order valence-corrected chi connectivity index (χ3v) is 4.73. The summed E-state index contributed by atoms with van der Waals surface area (Å²) in [5.74, 6) is 0.961. The van der Waals surface area contributed by atoms with Crippen molar-refractivity contribution in [2.24, 2.45) is 0 Å². The van der Waals surface area contributed by atoms with Crippen molar-refractivity contribution in [3.63, 3.8) is 0 Å². The van der Waals surface area contributed by atoms with Crippen LogP contribution in [0.1, 0.15) is 22.3 Å². The predicted molar refractivity (Wildman–Crippen MR) is 99.4 cm³/mol. The fraction of sp³-hybridized carbons (Fsp3) is 0.429. The number of morpholine rings is 1. The summed E-state index contributed by atoms with van der Waals surface area (Å²) in [5, 5.41) is 0. The lowest BCUT2D eigenvalue weighted by molar-refractivity contribution is 0.122. The molecule has 0 bridgehead atoms. The average Bonchev–Trinajstić information content (AvgIpc) is 2.61. The molecule has 0 saturated carbocycles. The van der Waals surface area contributed by atoms with Crippen LogP contribution in [0, 0.1) is 13.8 Å². The van der Waals surface area contributed by atoms with Gasteiger partial charge in [-0.05, 0) is 55.5 Å². The minimum Gasteiger partial charge on any atom is -0.496 e. The number of ether oxygens (including phenoxy) is 2.